The Morgan fingerprint density at radius 3 is 2.07 bits per heavy atom. The number of rotatable bonds is 9. The molecule has 0 unspecified atom stereocenters. The molecular weight excluding hydrogens is 359 g/mol. The van der Waals surface area contributed by atoms with Gasteiger partial charge in [0.05, 0.1) is 18.8 Å². The first-order valence-electron chi connectivity index (χ1n) is 9.05. The van der Waals surface area contributed by atoms with Crippen LogP contribution in [0.15, 0.2) is 12.1 Å². The highest BCUT2D eigenvalue weighted by molar-refractivity contribution is 5.92. The summed E-state index contributed by atoms with van der Waals surface area (Å²) < 4.78 is 39.8. The van der Waals surface area contributed by atoms with Crippen LogP contribution >= 0.6 is 0 Å². The van der Waals surface area contributed by atoms with E-state index in [4.69, 9.17) is 0 Å². The second kappa shape index (κ2) is 10.3. The van der Waals surface area contributed by atoms with Gasteiger partial charge >= 0.3 is 0 Å². The predicted molar refractivity (Wildman–Crippen MR) is 98.8 cm³/mol. The number of amides is 2. The number of hydrogen-bond donors (Lipinski definition) is 1. The topological polar surface area (TPSA) is 52.7 Å². The van der Waals surface area contributed by atoms with Crippen LogP contribution < -0.4 is 5.32 Å². The zero-order valence-corrected chi connectivity index (χ0v) is 16.5. The Morgan fingerprint density at radius 2 is 1.56 bits per heavy atom. The van der Waals surface area contributed by atoms with Crippen molar-refractivity contribution in [3.63, 3.8) is 0 Å². The molecule has 0 radical (unpaired) electrons. The number of likely N-dealkylation sites (N-methyl/N-ethyl adjacent to an activating group) is 1. The first-order chi connectivity index (χ1) is 12.6. The van der Waals surface area contributed by atoms with Gasteiger partial charge in [-0.25, -0.2) is 13.2 Å². The average molecular weight is 387 g/mol. The van der Waals surface area contributed by atoms with Crippen LogP contribution in [0.2, 0.25) is 0 Å². The second-order valence-electron chi connectivity index (χ2n) is 6.76. The molecule has 27 heavy (non-hydrogen) atoms. The van der Waals surface area contributed by atoms with Crippen LogP contribution in [0.4, 0.5) is 18.9 Å². The predicted octanol–water partition coefficient (Wildman–Crippen LogP) is 3.40. The first kappa shape index (κ1) is 23.0. The van der Waals surface area contributed by atoms with Gasteiger partial charge in [0.2, 0.25) is 11.8 Å². The quantitative estimate of drug-likeness (QED) is 0.661. The SMILES string of the molecule is CC[C@@H](C)N(C(=O)CN(C)CC(=O)Nc1ccc(F)c(F)c1F)[C@@H](C)CC. The van der Waals surface area contributed by atoms with E-state index < -0.39 is 29.0 Å². The summed E-state index contributed by atoms with van der Waals surface area (Å²) in [5.41, 5.74) is -0.445. The van der Waals surface area contributed by atoms with E-state index in [0.717, 1.165) is 25.0 Å². The van der Waals surface area contributed by atoms with Crippen LogP contribution in [0, 0.1) is 17.5 Å². The highest BCUT2D eigenvalue weighted by Crippen LogP contribution is 2.19. The molecule has 0 saturated carbocycles. The maximum absolute atomic E-state index is 13.6. The van der Waals surface area contributed by atoms with E-state index in [1.807, 2.05) is 32.6 Å². The standard InChI is InChI=1S/C19H28F3N3O2/c1-6-12(3)25(13(4)7-2)17(27)11-24(5)10-16(26)23-15-9-8-14(20)18(21)19(15)22/h8-9,12-13H,6-7,10-11H2,1-5H3,(H,23,26)/t12-,13+. The van der Waals surface area contributed by atoms with E-state index >= 15 is 0 Å². The average Bonchev–Trinajstić information content (AvgIpc) is 2.61. The maximum Gasteiger partial charge on any atom is 0.238 e. The van der Waals surface area contributed by atoms with Gasteiger partial charge in [-0.1, -0.05) is 13.8 Å². The monoisotopic (exact) mass is 387 g/mol. The molecule has 2 atom stereocenters. The lowest BCUT2D eigenvalue weighted by Gasteiger charge is -2.35. The summed E-state index contributed by atoms with van der Waals surface area (Å²) in [6.07, 6.45) is 1.63. The van der Waals surface area contributed by atoms with Gasteiger partial charge in [0.25, 0.3) is 0 Å². The fourth-order valence-corrected chi connectivity index (χ4v) is 2.75. The summed E-state index contributed by atoms with van der Waals surface area (Å²) >= 11 is 0. The van der Waals surface area contributed by atoms with Crippen LogP contribution in [-0.2, 0) is 9.59 Å². The Balaban J connectivity index is 2.70. The van der Waals surface area contributed by atoms with E-state index in [9.17, 15) is 22.8 Å². The number of halogens is 3. The van der Waals surface area contributed by atoms with Gasteiger partial charge < -0.3 is 10.2 Å². The van der Waals surface area contributed by atoms with Crippen molar-refractivity contribution in [2.75, 3.05) is 25.5 Å². The lowest BCUT2D eigenvalue weighted by atomic mass is 10.1. The molecule has 5 nitrogen and oxygen atoms in total. The van der Waals surface area contributed by atoms with Crippen molar-refractivity contribution in [1.29, 1.82) is 0 Å². The molecule has 1 N–H and O–H groups in total. The molecule has 1 aromatic rings. The molecule has 1 rings (SSSR count). The number of carbonyl (C=O) groups excluding carboxylic acids is 2. The minimum Gasteiger partial charge on any atom is -0.336 e. The van der Waals surface area contributed by atoms with Crippen molar-refractivity contribution < 1.29 is 22.8 Å². The fraction of sp³-hybridized carbons (Fsp3) is 0.579. The minimum absolute atomic E-state index is 0.0162. The van der Waals surface area contributed by atoms with E-state index in [2.05, 4.69) is 5.32 Å². The van der Waals surface area contributed by atoms with Gasteiger partial charge in [-0.15, -0.1) is 0 Å². The summed E-state index contributed by atoms with van der Waals surface area (Å²) in [5.74, 6) is -5.17. The third-order valence-electron chi connectivity index (χ3n) is 4.55. The number of anilines is 1. The second-order valence-corrected chi connectivity index (χ2v) is 6.76. The summed E-state index contributed by atoms with van der Waals surface area (Å²) in [4.78, 5) is 28.0. The van der Waals surface area contributed by atoms with Crippen molar-refractivity contribution in [2.45, 2.75) is 52.6 Å². The molecule has 0 aliphatic heterocycles. The van der Waals surface area contributed by atoms with Gasteiger partial charge in [0.15, 0.2) is 17.5 Å². The molecule has 0 bridgehead atoms. The van der Waals surface area contributed by atoms with Crippen LogP contribution in [0.25, 0.3) is 0 Å². The zero-order valence-electron chi connectivity index (χ0n) is 16.5. The molecule has 0 heterocycles. The van der Waals surface area contributed by atoms with E-state index in [0.29, 0.717) is 0 Å². The molecule has 0 aliphatic carbocycles. The smallest absolute Gasteiger partial charge is 0.238 e. The molecule has 1 aromatic carbocycles. The van der Waals surface area contributed by atoms with Crippen molar-refractivity contribution >= 4 is 17.5 Å². The zero-order chi connectivity index (χ0) is 20.7. The largest absolute Gasteiger partial charge is 0.336 e. The lowest BCUT2D eigenvalue weighted by molar-refractivity contribution is -0.136. The molecule has 0 saturated heterocycles. The summed E-state index contributed by atoms with van der Waals surface area (Å²) in [7, 11) is 1.59. The Labute approximate surface area is 158 Å². The minimum atomic E-state index is -1.64. The first-order valence-corrected chi connectivity index (χ1v) is 9.05. The molecule has 2 amide bonds. The Hall–Kier alpha value is -2.09. The van der Waals surface area contributed by atoms with Crippen LogP contribution in [0.3, 0.4) is 0 Å². The summed E-state index contributed by atoms with van der Waals surface area (Å²) in [5, 5.41) is 2.19. The molecule has 0 fully saturated rings. The highest BCUT2D eigenvalue weighted by atomic mass is 19.2. The normalized spacial score (nSPS) is 13.4. The molecule has 0 aromatic heterocycles. The van der Waals surface area contributed by atoms with Gasteiger partial charge in [0.1, 0.15) is 0 Å². The number of nitrogens with zero attached hydrogens (tertiary/aromatic N) is 2. The van der Waals surface area contributed by atoms with Crippen LogP contribution in [0.1, 0.15) is 40.5 Å². The van der Waals surface area contributed by atoms with Crippen molar-refractivity contribution in [3.05, 3.63) is 29.6 Å². The van der Waals surface area contributed by atoms with Gasteiger partial charge in [-0.3, -0.25) is 14.5 Å². The third-order valence-corrected chi connectivity index (χ3v) is 4.55. The van der Waals surface area contributed by atoms with E-state index in [1.165, 1.54) is 4.90 Å². The number of hydrogen-bond acceptors (Lipinski definition) is 3. The van der Waals surface area contributed by atoms with Crippen molar-refractivity contribution in [2.24, 2.45) is 0 Å². The Morgan fingerprint density at radius 1 is 1.00 bits per heavy atom. The van der Waals surface area contributed by atoms with E-state index in [-0.39, 0.29) is 31.1 Å². The van der Waals surface area contributed by atoms with Crippen molar-refractivity contribution in [3.8, 4) is 0 Å². The summed E-state index contributed by atoms with van der Waals surface area (Å²) in [6, 6.07) is 1.83. The number of nitrogens with one attached hydrogen (secondary N) is 1. The Kier molecular flexibility index (Phi) is 8.75. The number of benzene rings is 1. The Bertz CT molecular complexity index is 660. The maximum atomic E-state index is 13.6. The van der Waals surface area contributed by atoms with E-state index in [1.54, 1.807) is 7.05 Å². The van der Waals surface area contributed by atoms with Crippen molar-refractivity contribution in [1.82, 2.24) is 9.80 Å². The fourth-order valence-electron chi connectivity index (χ4n) is 2.75. The third kappa shape index (κ3) is 6.23. The van der Waals surface area contributed by atoms with Crippen LogP contribution in [-0.4, -0.2) is 53.8 Å². The van der Waals surface area contributed by atoms with Crippen LogP contribution in [0.5, 0.6) is 0 Å². The van der Waals surface area contributed by atoms with Gasteiger partial charge in [-0.05, 0) is 45.9 Å². The molecule has 152 valence electrons. The molecule has 0 spiro atoms. The molecule has 8 heteroatoms. The van der Waals surface area contributed by atoms with Gasteiger partial charge in [-0.2, -0.15) is 0 Å². The lowest BCUT2D eigenvalue weighted by Crippen LogP contribution is -2.49. The molecular formula is C19H28F3N3O2. The molecule has 0 aliphatic rings. The van der Waals surface area contributed by atoms with Gasteiger partial charge in [0, 0.05) is 12.1 Å². The number of carbonyl (C=O) groups is 2. The summed E-state index contributed by atoms with van der Waals surface area (Å²) in [6.45, 7) is 7.77. The highest BCUT2D eigenvalue weighted by Gasteiger charge is 2.25.